The van der Waals surface area contributed by atoms with Gasteiger partial charge in [-0.25, -0.2) is 4.79 Å². The number of aliphatic carboxylic acids is 1. The molecule has 7 nitrogen and oxygen atoms in total. The number of benzene rings is 2. The van der Waals surface area contributed by atoms with Crippen molar-refractivity contribution in [3.63, 3.8) is 0 Å². The van der Waals surface area contributed by atoms with Gasteiger partial charge in [-0.05, 0) is 34.6 Å². The smallest absolute Gasteiger partial charge is 0.407 e. The molecule has 0 saturated carbocycles. The lowest BCUT2D eigenvalue weighted by molar-refractivity contribution is -0.137. The van der Waals surface area contributed by atoms with Gasteiger partial charge in [0.05, 0.1) is 0 Å². The number of fused-ring (bicyclic) bond motifs is 3. The number of amides is 2. The fourth-order valence-electron chi connectivity index (χ4n) is 3.75. The summed E-state index contributed by atoms with van der Waals surface area (Å²) in [7, 11) is 0. The standard InChI is InChI=1S/C24H28N2O5/c1-15(2)13-25-23(29)21(11-12-22(27)28)26-24(30)31-14-20-18-9-5-3-7-16(18)17-8-4-6-10-19(17)20/h3-10,15,20-21H,11-14H2,1-2H3,(H,25,29)(H,26,30)(H,27,28). The van der Waals surface area contributed by atoms with Crippen molar-refractivity contribution in [3.05, 3.63) is 59.7 Å². The lowest BCUT2D eigenvalue weighted by atomic mass is 9.98. The van der Waals surface area contributed by atoms with E-state index < -0.39 is 24.0 Å². The number of carbonyl (C=O) groups excluding carboxylic acids is 2. The second-order valence-electron chi connectivity index (χ2n) is 8.09. The normalized spacial score (nSPS) is 13.3. The van der Waals surface area contributed by atoms with E-state index in [0.717, 1.165) is 22.3 Å². The van der Waals surface area contributed by atoms with Crippen molar-refractivity contribution in [1.29, 1.82) is 0 Å². The molecule has 164 valence electrons. The van der Waals surface area contributed by atoms with Crippen LogP contribution in [0.5, 0.6) is 0 Å². The summed E-state index contributed by atoms with van der Waals surface area (Å²) in [6.07, 6.45) is -0.982. The van der Waals surface area contributed by atoms with Crippen LogP contribution in [0.2, 0.25) is 0 Å². The highest BCUT2D eigenvalue weighted by Crippen LogP contribution is 2.44. The molecule has 0 spiro atoms. The number of carbonyl (C=O) groups is 3. The number of hydrogen-bond donors (Lipinski definition) is 3. The molecule has 0 fully saturated rings. The van der Waals surface area contributed by atoms with E-state index in [1.54, 1.807) is 0 Å². The first-order valence-electron chi connectivity index (χ1n) is 10.5. The summed E-state index contributed by atoms with van der Waals surface area (Å²) in [5, 5.41) is 14.2. The SMILES string of the molecule is CC(C)CNC(=O)C(CCC(=O)O)NC(=O)OCC1c2ccccc2-c2ccccc21. The average Bonchev–Trinajstić information content (AvgIpc) is 3.07. The van der Waals surface area contributed by atoms with Crippen LogP contribution in [0.4, 0.5) is 4.79 Å². The minimum absolute atomic E-state index is 0.0105. The molecule has 2 aromatic rings. The maximum atomic E-state index is 12.5. The summed E-state index contributed by atoms with van der Waals surface area (Å²) in [4.78, 5) is 35.8. The largest absolute Gasteiger partial charge is 0.481 e. The summed E-state index contributed by atoms with van der Waals surface area (Å²) >= 11 is 0. The lowest BCUT2D eigenvalue weighted by Crippen LogP contribution is -2.48. The third-order valence-electron chi connectivity index (χ3n) is 5.28. The third-order valence-corrected chi connectivity index (χ3v) is 5.28. The van der Waals surface area contributed by atoms with E-state index in [1.165, 1.54) is 0 Å². The van der Waals surface area contributed by atoms with E-state index in [9.17, 15) is 14.4 Å². The number of nitrogens with one attached hydrogen (secondary N) is 2. The van der Waals surface area contributed by atoms with Crippen LogP contribution in [0.3, 0.4) is 0 Å². The Morgan fingerprint density at radius 2 is 1.58 bits per heavy atom. The molecule has 0 radical (unpaired) electrons. The predicted octanol–water partition coefficient (Wildman–Crippen LogP) is 3.53. The number of rotatable bonds is 9. The Labute approximate surface area is 181 Å². The van der Waals surface area contributed by atoms with E-state index in [4.69, 9.17) is 9.84 Å². The number of carboxylic acids is 1. The van der Waals surface area contributed by atoms with Crippen molar-refractivity contribution in [2.75, 3.05) is 13.2 Å². The Bertz CT molecular complexity index is 911. The van der Waals surface area contributed by atoms with Crippen molar-refractivity contribution in [2.45, 2.75) is 38.6 Å². The van der Waals surface area contributed by atoms with Gasteiger partial charge in [-0.15, -0.1) is 0 Å². The molecule has 0 bridgehead atoms. The molecule has 0 saturated heterocycles. The van der Waals surface area contributed by atoms with Crippen LogP contribution in [-0.4, -0.2) is 42.3 Å². The first-order valence-corrected chi connectivity index (χ1v) is 10.5. The van der Waals surface area contributed by atoms with E-state index in [1.807, 2.05) is 50.2 Å². The first kappa shape index (κ1) is 22.3. The van der Waals surface area contributed by atoms with Gasteiger partial charge in [-0.2, -0.15) is 0 Å². The molecule has 0 aliphatic heterocycles. The van der Waals surface area contributed by atoms with Crippen LogP contribution in [0.15, 0.2) is 48.5 Å². The molecule has 1 atom stereocenters. The molecule has 3 N–H and O–H groups in total. The Hall–Kier alpha value is -3.35. The van der Waals surface area contributed by atoms with Crippen LogP contribution in [0, 0.1) is 5.92 Å². The molecular formula is C24H28N2O5. The van der Waals surface area contributed by atoms with Crippen molar-refractivity contribution in [2.24, 2.45) is 5.92 Å². The summed E-state index contributed by atoms with van der Waals surface area (Å²) < 4.78 is 5.48. The number of alkyl carbamates (subject to hydrolysis) is 1. The highest BCUT2D eigenvalue weighted by molar-refractivity contribution is 5.86. The quantitative estimate of drug-likeness (QED) is 0.571. The molecule has 7 heteroatoms. The molecule has 2 aromatic carbocycles. The minimum Gasteiger partial charge on any atom is -0.481 e. The molecule has 0 aromatic heterocycles. The molecule has 0 heterocycles. The highest BCUT2D eigenvalue weighted by atomic mass is 16.5. The topological polar surface area (TPSA) is 105 Å². The third kappa shape index (κ3) is 5.63. The van der Waals surface area contributed by atoms with E-state index in [-0.39, 0.29) is 31.3 Å². The van der Waals surface area contributed by atoms with Gasteiger partial charge in [-0.3, -0.25) is 9.59 Å². The molecule has 1 unspecified atom stereocenters. The Morgan fingerprint density at radius 1 is 1.00 bits per heavy atom. The van der Waals surface area contributed by atoms with Crippen molar-refractivity contribution in [1.82, 2.24) is 10.6 Å². The first-order chi connectivity index (χ1) is 14.9. The maximum Gasteiger partial charge on any atom is 0.407 e. The van der Waals surface area contributed by atoms with Gasteiger partial charge in [0.25, 0.3) is 0 Å². The van der Waals surface area contributed by atoms with Gasteiger partial charge in [0.15, 0.2) is 0 Å². The Morgan fingerprint density at radius 3 is 2.13 bits per heavy atom. The number of ether oxygens (including phenoxy) is 1. The number of hydrogen-bond acceptors (Lipinski definition) is 4. The van der Waals surface area contributed by atoms with Gasteiger partial charge in [0, 0.05) is 18.9 Å². The highest BCUT2D eigenvalue weighted by Gasteiger charge is 2.29. The van der Waals surface area contributed by atoms with Crippen molar-refractivity contribution < 1.29 is 24.2 Å². The molecule has 1 aliphatic rings. The Balaban J connectivity index is 1.64. The second-order valence-corrected chi connectivity index (χ2v) is 8.09. The average molecular weight is 424 g/mol. The van der Waals surface area contributed by atoms with Crippen molar-refractivity contribution in [3.8, 4) is 11.1 Å². The van der Waals surface area contributed by atoms with Crippen LogP contribution in [0.25, 0.3) is 11.1 Å². The molecular weight excluding hydrogens is 396 g/mol. The second kappa shape index (κ2) is 10.1. The summed E-state index contributed by atoms with van der Waals surface area (Å²) in [6, 6.07) is 15.1. The minimum atomic E-state index is -1.03. The van der Waals surface area contributed by atoms with Gasteiger partial charge in [0.2, 0.25) is 5.91 Å². The summed E-state index contributed by atoms with van der Waals surface area (Å²) in [5.41, 5.74) is 4.43. The molecule has 3 rings (SSSR count). The van der Waals surface area contributed by atoms with E-state index in [0.29, 0.717) is 6.54 Å². The van der Waals surface area contributed by atoms with Gasteiger partial charge >= 0.3 is 12.1 Å². The van der Waals surface area contributed by atoms with Gasteiger partial charge in [0.1, 0.15) is 12.6 Å². The molecule has 31 heavy (non-hydrogen) atoms. The van der Waals surface area contributed by atoms with Crippen molar-refractivity contribution >= 4 is 18.0 Å². The lowest BCUT2D eigenvalue weighted by Gasteiger charge is -2.20. The van der Waals surface area contributed by atoms with Gasteiger partial charge in [-0.1, -0.05) is 62.4 Å². The maximum absolute atomic E-state index is 12.5. The fourth-order valence-corrected chi connectivity index (χ4v) is 3.75. The molecule has 1 aliphatic carbocycles. The monoisotopic (exact) mass is 424 g/mol. The Kier molecular flexibility index (Phi) is 7.28. The van der Waals surface area contributed by atoms with E-state index in [2.05, 4.69) is 22.8 Å². The van der Waals surface area contributed by atoms with Crippen LogP contribution in [-0.2, 0) is 14.3 Å². The zero-order valence-corrected chi connectivity index (χ0v) is 17.8. The molecule has 2 amide bonds. The number of carboxylic acid groups (broad SMARTS) is 1. The summed E-state index contributed by atoms with van der Waals surface area (Å²) in [6.45, 7) is 4.46. The summed E-state index contributed by atoms with van der Waals surface area (Å²) in [5.74, 6) is -1.30. The predicted molar refractivity (Wildman–Crippen MR) is 117 cm³/mol. The zero-order valence-electron chi connectivity index (χ0n) is 17.8. The van der Waals surface area contributed by atoms with Crippen LogP contribution in [0.1, 0.15) is 43.7 Å². The van der Waals surface area contributed by atoms with Gasteiger partial charge < -0.3 is 20.5 Å². The fraction of sp³-hybridized carbons (Fsp3) is 0.375. The van der Waals surface area contributed by atoms with Crippen LogP contribution >= 0.6 is 0 Å². The zero-order chi connectivity index (χ0) is 22.4. The van der Waals surface area contributed by atoms with Crippen LogP contribution < -0.4 is 10.6 Å². The van der Waals surface area contributed by atoms with E-state index >= 15 is 0 Å².